The Morgan fingerprint density at radius 1 is 1.35 bits per heavy atom. The van der Waals surface area contributed by atoms with Crippen molar-refractivity contribution in [3.05, 3.63) is 35.8 Å². The summed E-state index contributed by atoms with van der Waals surface area (Å²) in [5.74, 6) is -0.245. The highest BCUT2D eigenvalue weighted by molar-refractivity contribution is 5.84. The number of aliphatic hydroxyl groups is 1. The largest absolute Gasteiger partial charge is 0.387 e. The number of nitrogens with zero attached hydrogens (tertiary/aromatic N) is 2. The Morgan fingerprint density at radius 2 is 2.10 bits per heavy atom. The summed E-state index contributed by atoms with van der Waals surface area (Å²) in [5, 5.41) is 14.6. The molecule has 0 radical (unpaired) electrons. The number of aryl methyl sites for hydroxylation is 1. The second-order valence-electron chi connectivity index (χ2n) is 5.40. The van der Waals surface area contributed by atoms with Crippen LogP contribution in [-0.2, 0) is 7.05 Å². The predicted octanol–water partition coefficient (Wildman–Crippen LogP) is 1.26. The van der Waals surface area contributed by atoms with Crippen LogP contribution >= 0.6 is 0 Å². The monoisotopic (exact) mass is 277 g/mol. The second kappa shape index (κ2) is 5.52. The highest BCUT2D eigenvalue weighted by atomic mass is 19.1. The van der Waals surface area contributed by atoms with Gasteiger partial charge in [-0.15, -0.1) is 0 Å². The average Bonchev–Trinajstić information content (AvgIpc) is 2.79. The van der Waals surface area contributed by atoms with Crippen LogP contribution < -0.4 is 5.32 Å². The maximum atomic E-state index is 13.9. The Balaban J connectivity index is 1.87. The van der Waals surface area contributed by atoms with Gasteiger partial charge in [-0.2, -0.15) is 0 Å². The summed E-state index contributed by atoms with van der Waals surface area (Å²) < 4.78 is 15.6. The van der Waals surface area contributed by atoms with Crippen molar-refractivity contribution in [3.8, 4) is 0 Å². The molecule has 4 nitrogen and oxygen atoms in total. The average molecular weight is 277 g/mol. The van der Waals surface area contributed by atoms with E-state index in [-0.39, 0.29) is 5.82 Å². The van der Waals surface area contributed by atoms with E-state index in [9.17, 15) is 9.50 Å². The van der Waals surface area contributed by atoms with Crippen LogP contribution in [0.2, 0.25) is 0 Å². The summed E-state index contributed by atoms with van der Waals surface area (Å²) in [4.78, 5) is 2.24. The van der Waals surface area contributed by atoms with Gasteiger partial charge in [-0.1, -0.05) is 12.1 Å². The number of benzene rings is 1. The van der Waals surface area contributed by atoms with E-state index in [1.807, 2.05) is 19.3 Å². The summed E-state index contributed by atoms with van der Waals surface area (Å²) in [6.45, 7) is 4.39. The molecule has 1 aliphatic rings. The molecule has 0 spiro atoms. The first-order valence-corrected chi connectivity index (χ1v) is 7.01. The van der Waals surface area contributed by atoms with Gasteiger partial charge >= 0.3 is 0 Å². The normalized spacial score (nSPS) is 18.6. The van der Waals surface area contributed by atoms with Gasteiger partial charge in [-0.25, -0.2) is 4.39 Å². The van der Waals surface area contributed by atoms with Gasteiger partial charge in [0.1, 0.15) is 5.82 Å². The van der Waals surface area contributed by atoms with Gasteiger partial charge in [0.05, 0.1) is 11.6 Å². The molecule has 0 saturated carbocycles. The first-order chi connectivity index (χ1) is 9.66. The van der Waals surface area contributed by atoms with Crippen molar-refractivity contribution in [1.29, 1.82) is 0 Å². The maximum Gasteiger partial charge on any atom is 0.147 e. The third-order valence-corrected chi connectivity index (χ3v) is 3.98. The Labute approximate surface area is 117 Å². The summed E-state index contributed by atoms with van der Waals surface area (Å²) >= 11 is 0. The lowest BCUT2D eigenvalue weighted by Gasteiger charge is -2.29. The number of hydrogen-bond donors (Lipinski definition) is 2. The highest BCUT2D eigenvalue weighted by Gasteiger charge is 2.20. The molecule has 0 aliphatic carbocycles. The number of rotatable bonds is 3. The van der Waals surface area contributed by atoms with Crippen LogP contribution in [0.3, 0.4) is 0 Å². The zero-order valence-corrected chi connectivity index (χ0v) is 11.6. The van der Waals surface area contributed by atoms with Gasteiger partial charge in [0.2, 0.25) is 0 Å². The first-order valence-electron chi connectivity index (χ1n) is 7.01. The Bertz CT molecular complexity index is 604. The van der Waals surface area contributed by atoms with Crippen LogP contribution in [0.1, 0.15) is 11.7 Å². The topological polar surface area (TPSA) is 40.4 Å². The molecule has 2 heterocycles. The van der Waals surface area contributed by atoms with Gasteiger partial charge in [0.25, 0.3) is 0 Å². The zero-order valence-electron chi connectivity index (χ0n) is 11.6. The molecule has 1 aromatic heterocycles. The third-order valence-electron chi connectivity index (χ3n) is 3.98. The number of para-hydroxylation sites is 1. The van der Waals surface area contributed by atoms with Gasteiger partial charge in [-0.05, 0) is 6.07 Å². The molecule has 0 amide bonds. The van der Waals surface area contributed by atoms with Crippen molar-refractivity contribution in [2.24, 2.45) is 7.05 Å². The van der Waals surface area contributed by atoms with E-state index in [4.69, 9.17) is 0 Å². The van der Waals surface area contributed by atoms with Crippen molar-refractivity contribution in [2.75, 3.05) is 32.7 Å². The van der Waals surface area contributed by atoms with E-state index in [2.05, 4.69) is 10.2 Å². The fourth-order valence-electron chi connectivity index (χ4n) is 2.95. The van der Waals surface area contributed by atoms with E-state index in [0.29, 0.717) is 12.1 Å². The smallest absolute Gasteiger partial charge is 0.147 e. The SMILES string of the molecule is Cn1cc(C(O)CN2CCNCC2)c2cccc(F)c21. The number of hydrogen-bond acceptors (Lipinski definition) is 3. The molecule has 2 N–H and O–H groups in total. The number of β-amino-alcohol motifs (C(OH)–C–C–N with tert-alkyl or cyclic N) is 1. The molecule has 1 aromatic carbocycles. The lowest BCUT2D eigenvalue weighted by atomic mass is 10.1. The lowest BCUT2D eigenvalue weighted by Crippen LogP contribution is -2.44. The van der Waals surface area contributed by atoms with Crippen LogP contribution in [0, 0.1) is 5.82 Å². The minimum absolute atomic E-state index is 0.245. The molecular formula is C15H20FN3O. The standard InChI is InChI=1S/C15H20FN3O/c1-18-9-12(11-3-2-4-13(16)15(11)18)14(20)10-19-7-5-17-6-8-19/h2-4,9,14,17,20H,5-8,10H2,1H3. The van der Waals surface area contributed by atoms with E-state index in [0.717, 1.165) is 37.1 Å². The van der Waals surface area contributed by atoms with Crippen LogP contribution in [0.15, 0.2) is 24.4 Å². The molecule has 108 valence electrons. The van der Waals surface area contributed by atoms with E-state index in [1.165, 1.54) is 6.07 Å². The number of halogens is 1. The van der Waals surface area contributed by atoms with Gasteiger partial charge in [0, 0.05) is 56.9 Å². The first kappa shape index (κ1) is 13.5. The van der Waals surface area contributed by atoms with Crippen molar-refractivity contribution in [3.63, 3.8) is 0 Å². The zero-order chi connectivity index (χ0) is 14.1. The summed E-state index contributed by atoms with van der Waals surface area (Å²) in [7, 11) is 1.81. The second-order valence-corrected chi connectivity index (χ2v) is 5.40. The van der Waals surface area contributed by atoms with Crippen LogP contribution in [0.4, 0.5) is 4.39 Å². The van der Waals surface area contributed by atoms with Crippen molar-refractivity contribution >= 4 is 10.9 Å². The van der Waals surface area contributed by atoms with Gasteiger partial charge in [-0.3, -0.25) is 4.90 Å². The minimum atomic E-state index is -0.585. The molecule has 20 heavy (non-hydrogen) atoms. The quantitative estimate of drug-likeness (QED) is 0.887. The third kappa shape index (κ3) is 2.44. The predicted molar refractivity (Wildman–Crippen MR) is 77.1 cm³/mol. The molecule has 1 saturated heterocycles. The molecule has 1 unspecified atom stereocenters. The molecular weight excluding hydrogens is 257 g/mol. The summed E-state index contributed by atoms with van der Waals surface area (Å²) in [5.41, 5.74) is 1.36. The van der Waals surface area contributed by atoms with E-state index in [1.54, 1.807) is 10.6 Å². The fourth-order valence-corrected chi connectivity index (χ4v) is 2.95. The summed E-state index contributed by atoms with van der Waals surface area (Å²) in [6.07, 6.45) is 1.25. The molecule has 0 bridgehead atoms. The van der Waals surface area contributed by atoms with Gasteiger partial charge < -0.3 is 15.0 Å². The number of piperazine rings is 1. The molecule has 2 aromatic rings. The van der Waals surface area contributed by atoms with Crippen LogP contribution in [-0.4, -0.2) is 47.3 Å². The Morgan fingerprint density at radius 3 is 2.85 bits per heavy atom. The van der Waals surface area contributed by atoms with Crippen LogP contribution in [0.5, 0.6) is 0 Å². The molecule has 3 rings (SSSR count). The lowest BCUT2D eigenvalue weighted by molar-refractivity contribution is 0.106. The van der Waals surface area contributed by atoms with E-state index < -0.39 is 6.10 Å². The highest BCUT2D eigenvalue weighted by Crippen LogP contribution is 2.28. The minimum Gasteiger partial charge on any atom is -0.387 e. The van der Waals surface area contributed by atoms with E-state index >= 15 is 0 Å². The van der Waals surface area contributed by atoms with Gasteiger partial charge in [0.15, 0.2) is 0 Å². The number of aromatic nitrogens is 1. The maximum absolute atomic E-state index is 13.9. The van der Waals surface area contributed by atoms with Crippen molar-refractivity contribution in [1.82, 2.24) is 14.8 Å². The van der Waals surface area contributed by atoms with Crippen molar-refractivity contribution in [2.45, 2.75) is 6.10 Å². The van der Waals surface area contributed by atoms with Crippen molar-refractivity contribution < 1.29 is 9.50 Å². The molecule has 1 fully saturated rings. The summed E-state index contributed by atoms with van der Waals surface area (Å²) in [6, 6.07) is 5.02. The Kier molecular flexibility index (Phi) is 3.74. The number of fused-ring (bicyclic) bond motifs is 1. The number of nitrogens with one attached hydrogen (secondary N) is 1. The number of aliphatic hydroxyl groups excluding tert-OH is 1. The molecule has 1 atom stereocenters. The Hall–Kier alpha value is -1.43. The van der Waals surface area contributed by atoms with Crippen LogP contribution in [0.25, 0.3) is 10.9 Å². The molecule has 1 aliphatic heterocycles. The fraction of sp³-hybridized carbons (Fsp3) is 0.467. The molecule has 5 heteroatoms.